The Balaban J connectivity index is 2.25. The number of aliphatic hydroxyl groups excluding tert-OH is 1. The molecule has 1 saturated heterocycles. The van der Waals surface area contributed by atoms with Crippen molar-refractivity contribution >= 4 is 5.96 Å². The molecule has 0 aromatic carbocycles. The fourth-order valence-corrected chi connectivity index (χ4v) is 0.810. The molecule has 0 aromatic heterocycles. The lowest BCUT2D eigenvalue weighted by Gasteiger charge is -2.23. The van der Waals surface area contributed by atoms with Crippen LogP contribution in [0.25, 0.3) is 0 Å². The second kappa shape index (κ2) is 4.91. The van der Waals surface area contributed by atoms with Gasteiger partial charge in [-0.1, -0.05) is 0 Å². The minimum atomic E-state index is -0.576. The summed E-state index contributed by atoms with van der Waals surface area (Å²) >= 11 is 0. The Kier molecular flexibility index (Phi) is 3.78. The predicted octanol–water partition coefficient (Wildman–Crippen LogP) is -2.00. The number of hydrogen-bond acceptors (Lipinski definition) is 4. The summed E-state index contributed by atoms with van der Waals surface area (Å²) in [5.74, 6) is 0.547. The Hall–Kier alpha value is -0.850. The molecule has 0 aromatic rings. The average Bonchev–Trinajstić information content (AvgIpc) is 2.05. The zero-order valence-electron chi connectivity index (χ0n) is 7.00. The number of aliphatic hydroxyl groups is 1. The Morgan fingerprint density at radius 1 is 1.75 bits per heavy atom. The molecule has 1 aliphatic rings. The van der Waals surface area contributed by atoms with Gasteiger partial charge >= 0.3 is 0 Å². The molecule has 4 N–H and O–H groups in total. The molecule has 0 bridgehead atoms. The number of β-amino-alcohol motifs (C(OH)–C–C–N with tert-alkyl or cyclic N) is 1. The van der Waals surface area contributed by atoms with E-state index in [-0.39, 0.29) is 0 Å². The molecular formula is C6H14N4O2. The molecule has 1 rings (SSSR count). The lowest BCUT2D eigenvalue weighted by atomic mass is 10.5. The van der Waals surface area contributed by atoms with Crippen molar-refractivity contribution in [2.24, 2.45) is 4.99 Å². The van der Waals surface area contributed by atoms with Crippen LogP contribution in [-0.2, 0) is 4.74 Å². The zero-order valence-corrected chi connectivity index (χ0v) is 7.00. The topological polar surface area (TPSA) is 77.9 Å². The number of hydrogen-bond donors (Lipinski definition) is 4. The van der Waals surface area contributed by atoms with E-state index in [1.807, 2.05) is 0 Å². The number of methoxy groups -OCH3 is 1. The van der Waals surface area contributed by atoms with Crippen molar-refractivity contribution in [2.75, 3.05) is 26.8 Å². The van der Waals surface area contributed by atoms with Gasteiger partial charge in [0.25, 0.3) is 0 Å². The van der Waals surface area contributed by atoms with Crippen molar-refractivity contribution in [3.8, 4) is 0 Å². The Bertz CT molecular complexity index is 162. The predicted molar refractivity (Wildman–Crippen MR) is 44.5 cm³/mol. The minimum absolute atomic E-state index is 0.462. The van der Waals surface area contributed by atoms with Crippen molar-refractivity contribution in [1.29, 1.82) is 0 Å². The van der Waals surface area contributed by atoms with Gasteiger partial charge in [0.05, 0.1) is 19.7 Å². The highest BCUT2D eigenvalue weighted by molar-refractivity contribution is 5.80. The highest BCUT2D eigenvalue weighted by Crippen LogP contribution is 1.81. The molecule has 1 aliphatic heterocycles. The summed E-state index contributed by atoms with van der Waals surface area (Å²) in [4.78, 5) is 4.07. The summed E-state index contributed by atoms with van der Waals surface area (Å²) in [6.07, 6.45) is -0.576. The van der Waals surface area contributed by atoms with E-state index in [4.69, 9.17) is 9.84 Å². The molecule has 0 radical (unpaired) electrons. The minimum Gasteiger partial charge on any atom is -0.383 e. The van der Waals surface area contributed by atoms with Crippen LogP contribution in [-0.4, -0.2) is 44.1 Å². The number of aliphatic imine (C=N–C) groups is 1. The third-order valence-corrected chi connectivity index (χ3v) is 1.37. The van der Waals surface area contributed by atoms with Crippen molar-refractivity contribution in [1.82, 2.24) is 16.2 Å². The van der Waals surface area contributed by atoms with Gasteiger partial charge in [-0.25, -0.2) is 10.4 Å². The monoisotopic (exact) mass is 174 g/mol. The third kappa shape index (κ3) is 3.04. The number of guanidine groups is 1. The van der Waals surface area contributed by atoms with Crippen molar-refractivity contribution in [3.63, 3.8) is 0 Å². The fraction of sp³-hybridized carbons (Fsp3) is 0.833. The molecule has 0 spiro atoms. The third-order valence-electron chi connectivity index (χ3n) is 1.37. The first-order valence-electron chi connectivity index (χ1n) is 3.80. The summed E-state index contributed by atoms with van der Waals surface area (Å²) in [6.45, 7) is 1.60. The summed E-state index contributed by atoms with van der Waals surface area (Å²) < 4.78 is 4.81. The van der Waals surface area contributed by atoms with Gasteiger partial charge in [0.15, 0.2) is 0 Å². The lowest BCUT2D eigenvalue weighted by molar-refractivity contribution is 0.141. The Labute approximate surface area is 71.0 Å². The van der Waals surface area contributed by atoms with Crippen LogP contribution in [0.5, 0.6) is 0 Å². The van der Waals surface area contributed by atoms with Gasteiger partial charge in [0, 0.05) is 7.11 Å². The SMILES string of the molecule is COCCN=C1NNCC(O)N1. The standard InChI is InChI=1S/C6H14N4O2/c1-12-3-2-7-6-9-5(11)4-8-10-6/h5,8,11H,2-4H2,1H3,(H2,7,9,10). The summed E-state index contributed by atoms with van der Waals surface area (Å²) in [6, 6.07) is 0. The van der Waals surface area contributed by atoms with Crippen LogP contribution >= 0.6 is 0 Å². The van der Waals surface area contributed by atoms with Gasteiger partial charge in [-0.15, -0.1) is 0 Å². The molecule has 0 amide bonds. The van der Waals surface area contributed by atoms with Crippen LogP contribution in [0, 0.1) is 0 Å². The van der Waals surface area contributed by atoms with Gasteiger partial charge in [-0.05, 0) is 0 Å². The number of nitrogens with zero attached hydrogens (tertiary/aromatic N) is 1. The smallest absolute Gasteiger partial charge is 0.208 e. The number of hydrazine groups is 1. The van der Waals surface area contributed by atoms with Gasteiger partial charge in [-0.3, -0.25) is 5.43 Å². The van der Waals surface area contributed by atoms with E-state index in [2.05, 4.69) is 21.2 Å². The van der Waals surface area contributed by atoms with Crippen LogP contribution in [0.1, 0.15) is 0 Å². The van der Waals surface area contributed by atoms with Crippen molar-refractivity contribution in [3.05, 3.63) is 0 Å². The van der Waals surface area contributed by atoms with E-state index in [1.165, 1.54) is 0 Å². The first kappa shape index (κ1) is 9.24. The molecule has 12 heavy (non-hydrogen) atoms. The van der Waals surface area contributed by atoms with E-state index in [9.17, 15) is 0 Å². The van der Waals surface area contributed by atoms with E-state index >= 15 is 0 Å². The fourth-order valence-electron chi connectivity index (χ4n) is 0.810. The van der Waals surface area contributed by atoms with E-state index < -0.39 is 6.23 Å². The quantitative estimate of drug-likeness (QED) is 0.372. The molecule has 1 unspecified atom stereocenters. The molecule has 70 valence electrons. The summed E-state index contributed by atoms with van der Waals surface area (Å²) in [7, 11) is 1.62. The first-order chi connectivity index (χ1) is 5.83. The molecule has 0 aliphatic carbocycles. The van der Waals surface area contributed by atoms with E-state index in [0.29, 0.717) is 25.7 Å². The van der Waals surface area contributed by atoms with E-state index in [1.54, 1.807) is 7.11 Å². The van der Waals surface area contributed by atoms with Crippen LogP contribution in [0.2, 0.25) is 0 Å². The highest BCUT2D eigenvalue weighted by atomic mass is 16.5. The highest BCUT2D eigenvalue weighted by Gasteiger charge is 2.11. The second-order valence-corrected chi connectivity index (χ2v) is 2.39. The number of ether oxygens (including phenoxy) is 1. The van der Waals surface area contributed by atoms with Gasteiger partial charge in [-0.2, -0.15) is 0 Å². The molecule has 0 saturated carbocycles. The largest absolute Gasteiger partial charge is 0.383 e. The normalized spacial score (nSPS) is 26.5. The number of rotatable bonds is 3. The molecule has 6 nitrogen and oxygen atoms in total. The maximum Gasteiger partial charge on any atom is 0.208 e. The Morgan fingerprint density at radius 2 is 2.58 bits per heavy atom. The zero-order chi connectivity index (χ0) is 8.81. The second-order valence-electron chi connectivity index (χ2n) is 2.39. The molecule has 1 atom stereocenters. The molecule has 6 heteroatoms. The maximum atomic E-state index is 9.11. The van der Waals surface area contributed by atoms with Gasteiger partial charge < -0.3 is 15.2 Å². The summed E-state index contributed by atoms with van der Waals surface area (Å²) in [5.41, 5.74) is 5.56. The van der Waals surface area contributed by atoms with Crippen molar-refractivity contribution in [2.45, 2.75) is 6.23 Å². The van der Waals surface area contributed by atoms with Crippen LogP contribution in [0.3, 0.4) is 0 Å². The van der Waals surface area contributed by atoms with Gasteiger partial charge in [0.2, 0.25) is 5.96 Å². The van der Waals surface area contributed by atoms with E-state index in [0.717, 1.165) is 0 Å². The molecular weight excluding hydrogens is 160 g/mol. The average molecular weight is 174 g/mol. The maximum absolute atomic E-state index is 9.11. The van der Waals surface area contributed by atoms with Gasteiger partial charge in [0.1, 0.15) is 6.23 Å². The number of nitrogens with one attached hydrogen (secondary N) is 3. The van der Waals surface area contributed by atoms with Crippen LogP contribution in [0.4, 0.5) is 0 Å². The van der Waals surface area contributed by atoms with Crippen LogP contribution < -0.4 is 16.2 Å². The van der Waals surface area contributed by atoms with Crippen LogP contribution in [0.15, 0.2) is 4.99 Å². The summed E-state index contributed by atoms with van der Waals surface area (Å²) in [5, 5.41) is 11.9. The first-order valence-corrected chi connectivity index (χ1v) is 3.80. The van der Waals surface area contributed by atoms with Crippen molar-refractivity contribution < 1.29 is 9.84 Å². The molecule has 1 heterocycles. The Morgan fingerprint density at radius 3 is 3.25 bits per heavy atom. The molecule has 1 fully saturated rings. The lowest BCUT2D eigenvalue weighted by Crippen LogP contribution is -2.59.